The molecule has 1 fully saturated rings. The van der Waals surface area contributed by atoms with Crippen LogP contribution >= 0.6 is 0 Å². The highest BCUT2D eigenvalue weighted by atomic mass is 16.6. The number of hydrogen-bond donors (Lipinski definition) is 1. The molecule has 1 N–H and O–H groups in total. The molecule has 1 unspecified atom stereocenters. The van der Waals surface area contributed by atoms with Crippen LogP contribution in [-0.2, 0) is 17.8 Å². The van der Waals surface area contributed by atoms with Crippen molar-refractivity contribution in [1.29, 1.82) is 0 Å². The van der Waals surface area contributed by atoms with Crippen LogP contribution in [0.5, 0.6) is 23.4 Å². The number of imidazole rings is 1. The molecule has 1 saturated heterocycles. The molecule has 0 radical (unpaired) electrons. The van der Waals surface area contributed by atoms with Crippen LogP contribution in [0.4, 0.5) is 10.6 Å². The zero-order valence-corrected chi connectivity index (χ0v) is 33.4. The second kappa shape index (κ2) is 17.9. The Bertz CT molecular complexity index is 2010. The summed E-state index contributed by atoms with van der Waals surface area (Å²) in [5, 5.41) is 16.6. The Kier molecular flexibility index (Phi) is 12.8. The first-order valence-corrected chi connectivity index (χ1v) is 19.1. The second-order valence-electron chi connectivity index (χ2n) is 15.0. The number of carbonyl (C=O) groups excluding carboxylic acids is 1. The molecule has 0 spiro atoms. The standard InChI is InChI=1S/C42H53N7O7/c1-8-9-22-54-40-45-38(48(26-29-10-14-32(52-6)15-11-29)27-30-12-16-33(53-7)17-13-30)37-43-25-35(49(37)46-40)36(50)31-23-28(2)39(44-24-31)55-34-18-20-47(21-19-34)41(51)56-42(3,4)5/h10-17,23-25,34,36,50H,8-9,18-22,26-27H2,1-7H3. The number of aliphatic hydroxyl groups excluding tert-OH is 1. The number of piperidine rings is 1. The molecule has 1 aliphatic heterocycles. The van der Waals surface area contributed by atoms with Gasteiger partial charge >= 0.3 is 12.1 Å². The van der Waals surface area contributed by atoms with Gasteiger partial charge in [-0.15, -0.1) is 5.10 Å². The van der Waals surface area contributed by atoms with Gasteiger partial charge in [0.25, 0.3) is 0 Å². The van der Waals surface area contributed by atoms with Crippen molar-refractivity contribution in [2.45, 2.75) is 91.2 Å². The summed E-state index contributed by atoms with van der Waals surface area (Å²) < 4.78 is 30.3. The van der Waals surface area contributed by atoms with Gasteiger partial charge in [-0.05, 0) is 75.6 Å². The molecule has 4 heterocycles. The van der Waals surface area contributed by atoms with Gasteiger partial charge in [0.15, 0.2) is 11.5 Å². The first-order valence-electron chi connectivity index (χ1n) is 19.1. The average Bonchev–Trinajstić information content (AvgIpc) is 3.62. The van der Waals surface area contributed by atoms with E-state index in [4.69, 9.17) is 38.8 Å². The summed E-state index contributed by atoms with van der Waals surface area (Å²) >= 11 is 0. The number of nitrogens with zero attached hydrogens (tertiary/aromatic N) is 7. The van der Waals surface area contributed by atoms with Crippen LogP contribution in [0.15, 0.2) is 67.0 Å². The number of rotatable bonds is 15. The molecule has 56 heavy (non-hydrogen) atoms. The van der Waals surface area contributed by atoms with E-state index in [9.17, 15) is 9.90 Å². The van der Waals surface area contributed by atoms with Crippen molar-refractivity contribution in [3.05, 3.63) is 94.9 Å². The summed E-state index contributed by atoms with van der Waals surface area (Å²) in [6.45, 7) is 12.1. The van der Waals surface area contributed by atoms with E-state index in [1.165, 1.54) is 0 Å². The first-order chi connectivity index (χ1) is 26.9. The van der Waals surface area contributed by atoms with Crippen molar-refractivity contribution in [3.8, 4) is 23.4 Å². The van der Waals surface area contributed by atoms with Crippen LogP contribution in [0.2, 0.25) is 0 Å². The molecule has 6 rings (SSSR count). The van der Waals surface area contributed by atoms with E-state index >= 15 is 0 Å². The molecular formula is C42H53N7O7. The van der Waals surface area contributed by atoms with Crippen molar-refractivity contribution in [2.75, 3.05) is 38.8 Å². The van der Waals surface area contributed by atoms with Gasteiger partial charge in [0, 0.05) is 56.3 Å². The normalized spacial score (nSPS) is 14.0. The third kappa shape index (κ3) is 9.96. The molecule has 2 aromatic carbocycles. The maximum absolute atomic E-state index is 12.5. The molecule has 5 aromatic rings. The highest BCUT2D eigenvalue weighted by Gasteiger charge is 2.29. The summed E-state index contributed by atoms with van der Waals surface area (Å²) in [5.74, 6) is 2.57. The Hall–Kier alpha value is -5.63. The van der Waals surface area contributed by atoms with Crippen LogP contribution < -0.4 is 23.8 Å². The Morgan fingerprint density at radius 2 is 1.57 bits per heavy atom. The molecular weight excluding hydrogens is 715 g/mol. The Labute approximate surface area is 328 Å². The van der Waals surface area contributed by atoms with Crippen molar-refractivity contribution in [1.82, 2.24) is 29.5 Å². The third-order valence-corrected chi connectivity index (χ3v) is 9.46. The lowest BCUT2D eigenvalue weighted by Crippen LogP contribution is -2.44. The predicted octanol–water partition coefficient (Wildman–Crippen LogP) is 7.09. The number of pyridine rings is 1. The van der Waals surface area contributed by atoms with Gasteiger partial charge in [0.2, 0.25) is 5.88 Å². The molecule has 1 aliphatic rings. The molecule has 0 bridgehead atoms. The SMILES string of the molecule is CCCCOc1nc(N(Cc2ccc(OC)cc2)Cc2ccc(OC)cc2)c2ncc(C(O)c3cnc(OC4CCN(C(=O)OC(C)(C)C)CC4)c(C)c3)n2n1. The van der Waals surface area contributed by atoms with Crippen LogP contribution in [0, 0.1) is 6.92 Å². The zero-order valence-electron chi connectivity index (χ0n) is 33.4. The van der Waals surface area contributed by atoms with E-state index in [-0.39, 0.29) is 18.2 Å². The maximum Gasteiger partial charge on any atom is 0.410 e. The summed E-state index contributed by atoms with van der Waals surface area (Å²) in [4.78, 5) is 30.7. The number of aromatic nitrogens is 5. The highest BCUT2D eigenvalue weighted by molar-refractivity contribution is 5.68. The van der Waals surface area contributed by atoms with E-state index in [1.807, 2.05) is 82.3 Å². The highest BCUT2D eigenvalue weighted by Crippen LogP contribution is 2.31. The second-order valence-corrected chi connectivity index (χ2v) is 15.0. The van der Waals surface area contributed by atoms with E-state index in [0.717, 1.165) is 41.0 Å². The van der Waals surface area contributed by atoms with Crippen LogP contribution in [0.3, 0.4) is 0 Å². The number of aryl methyl sites for hydroxylation is 1. The fraction of sp³-hybridized carbons (Fsp3) is 0.452. The summed E-state index contributed by atoms with van der Waals surface area (Å²) in [7, 11) is 3.29. The zero-order chi connectivity index (χ0) is 39.8. The van der Waals surface area contributed by atoms with E-state index < -0.39 is 11.7 Å². The van der Waals surface area contributed by atoms with Gasteiger partial charge in [-0.25, -0.2) is 19.3 Å². The Morgan fingerprint density at radius 1 is 0.946 bits per heavy atom. The smallest absolute Gasteiger partial charge is 0.410 e. The number of carbonyl (C=O) groups is 1. The van der Waals surface area contributed by atoms with Gasteiger partial charge in [0.1, 0.15) is 29.3 Å². The minimum Gasteiger partial charge on any atom is -0.497 e. The van der Waals surface area contributed by atoms with Gasteiger partial charge in [-0.2, -0.15) is 4.98 Å². The van der Waals surface area contributed by atoms with Gasteiger partial charge in [-0.3, -0.25) is 0 Å². The number of amides is 1. The molecule has 14 nitrogen and oxygen atoms in total. The minimum atomic E-state index is -1.12. The van der Waals surface area contributed by atoms with Crippen LogP contribution in [0.25, 0.3) is 5.65 Å². The minimum absolute atomic E-state index is 0.102. The van der Waals surface area contributed by atoms with E-state index in [1.54, 1.807) is 36.0 Å². The van der Waals surface area contributed by atoms with Crippen molar-refractivity contribution in [2.24, 2.45) is 0 Å². The molecule has 1 atom stereocenters. The summed E-state index contributed by atoms with van der Waals surface area (Å²) in [6.07, 6.45) is 4.79. The molecule has 1 amide bonds. The Morgan fingerprint density at radius 3 is 2.12 bits per heavy atom. The number of hydrogen-bond acceptors (Lipinski definition) is 12. The molecule has 298 valence electrons. The van der Waals surface area contributed by atoms with E-state index in [2.05, 4.69) is 16.8 Å². The van der Waals surface area contributed by atoms with Crippen molar-refractivity contribution < 1.29 is 33.6 Å². The quantitative estimate of drug-likeness (QED) is 0.109. The number of ether oxygens (including phenoxy) is 5. The van der Waals surface area contributed by atoms with Crippen LogP contribution in [-0.4, -0.2) is 86.3 Å². The van der Waals surface area contributed by atoms with Gasteiger partial charge in [0.05, 0.1) is 32.7 Å². The van der Waals surface area contributed by atoms with Gasteiger partial charge < -0.3 is 38.6 Å². The maximum atomic E-state index is 12.5. The fourth-order valence-electron chi connectivity index (χ4n) is 6.41. The number of aliphatic hydroxyl groups is 1. The Balaban J connectivity index is 1.27. The number of unbranched alkanes of at least 4 members (excludes halogenated alkanes) is 1. The third-order valence-electron chi connectivity index (χ3n) is 9.46. The number of fused-ring (bicyclic) bond motifs is 1. The first kappa shape index (κ1) is 40.0. The number of likely N-dealkylation sites (tertiary alicyclic amines) is 1. The van der Waals surface area contributed by atoms with Crippen molar-refractivity contribution in [3.63, 3.8) is 0 Å². The topological polar surface area (TPSA) is 146 Å². The van der Waals surface area contributed by atoms with Crippen LogP contribution in [0.1, 0.15) is 87.4 Å². The largest absolute Gasteiger partial charge is 0.497 e. The van der Waals surface area contributed by atoms with Gasteiger partial charge in [-0.1, -0.05) is 37.6 Å². The number of benzene rings is 2. The lowest BCUT2D eigenvalue weighted by atomic mass is 10.1. The number of methoxy groups -OCH3 is 2. The molecule has 14 heteroatoms. The summed E-state index contributed by atoms with van der Waals surface area (Å²) in [6, 6.07) is 17.9. The number of anilines is 1. The molecule has 3 aromatic heterocycles. The van der Waals surface area contributed by atoms with E-state index in [0.29, 0.717) is 74.2 Å². The lowest BCUT2D eigenvalue weighted by molar-refractivity contribution is 0.0122. The molecule has 0 aliphatic carbocycles. The fourth-order valence-corrected chi connectivity index (χ4v) is 6.41. The monoisotopic (exact) mass is 767 g/mol. The lowest BCUT2D eigenvalue weighted by Gasteiger charge is -2.33. The summed E-state index contributed by atoms with van der Waals surface area (Å²) in [5.41, 5.74) is 3.75. The average molecular weight is 768 g/mol. The molecule has 0 saturated carbocycles. The van der Waals surface area contributed by atoms with Crippen molar-refractivity contribution >= 4 is 17.6 Å². The predicted molar refractivity (Wildman–Crippen MR) is 212 cm³/mol.